The topological polar surface area (TPSA) is 59.8 Å². The monoisotopic (exact) mass is 292 g/mol. The lowest BCUT2D eigenvalue weighted by molar-refractivity contribution is 0.0950. The molecule has 110 valence electrons. The summed E-state index contributed by atoms with van der Waals surface area (Å²) >= 11 is 0. The zero-order chi connectivity index (χ0) is 15.2. The van der Waals surface area contributed by atoms with Crippen LogP contribution in [0.15, 0.2) is 67.5 Å². The lowest BCUT2D eigenvalue weighted by atomic mass is 10.1. The van der Waals surface area contributed by atoms with Gasteiger partial charge in [-0.15, -0.1) is 0 Å². The van der Waals surface area contributed by atoms with E-state index in [-0.39, 0.29) is 5.91 Å². The number of rotatable bonds is 5. The van der Waals surface area contributed by atoms with Crippen molar-refractivity contribution in [3.63, 3.8) is 0 Å². The molecule has 0 atom stereocenters. The average Bonchev–Trinajstić information content (AvgIpc) is 3.08. The largest absolute Gasteiger partial charge is 0.348 e. The summed E-state index contributed by atoms with van der Waals surface area (Å²) in [5, 5.41) is 2.89. The first-order chi connectivity index (χ1) is 10.8. The lowest BCUT2D eigenvalue weighted by Gasteiger charge is -2.07. The Morgan fingerprint density at radius 2 is 1.86 bits per heavy atom. The van der Waals surface area contributed by atoms with Crippen molar-refractivity contribution in [1.82, 2.24) is 19.9 Å². The Labute approximate surface area is 128 Å². The summed E-state index contributed by atoms with van der Waals surface area (Å²) in [6, 6.07) is 11.7. The van der Waals surface area contributed by atoms with Gasteiger partial charge in [0.2, 0.25) is 0 Å². The lowest BCUT2D eigenvalue weighted by Crippen LogP contribution is -2.22. The van der Waals surface area contributed by atoms with Crippen LogP contribution in [0.25, 0.3) is 0 Å². The quantitative estimate of drug-likeness (QED) is 0.784. The molecule has 2 aromatic heterocycles. The highest BCUT2D eigenvalue weighted by Crippen LogP contribution is 2.07. The molecule has 0 fully saturated rings. The number of hydrogen-bond acceptors (Lipinski definition) is 3. The number of nitrogens with zero attached hydrogens (tertiary/aromatic N) is 3. The van der Waals surface area contributed by atoms with Crippen molar-refractivity contribution < 1.29 is 4.79 Å². The van der Waals surface area contributed by atoms with Crippen molar-refractivity contribution >= 4 is 5.91 Å². The predicted molar refractivity (Wildman–Crippen MR) is 83.2 cm³/mol. The Balaban J connectivity index is 1.56. The number of amides is 1. The molecule has 0 aliphatic rings. The minimum Gasteiger partial charge on any atom is -0.348 e. The number of aromatic nitrogens is 3. The Hall–Kier alpha value is -2.95. The molecule has 0 bridgehead atoms. The molecule has 0 unspecified atom stereocenters. The van der Waals surface area contributed by atoms with Crippen molar-refractivity contribution in [3.05, 3.63) is 84.2 Å². The van der Waals surface area contributed by atoms with Crippen LogP contribution in [0, 0.1) is 0 Å². The van der Waals surface area contributed by atoms with Crippen LogP contribution in [0.4, 0.5) is 0 Å². The van der Waals surface area contributed by atoms with Crippen LogP contribution in [-0.4, -0.2) is 20.4 Å². The van der Waals surface area contributed by atoms with Crippen LogP contribution >= 0.6 is 0 Å². The summed E-state index contributed by atoms with van der Waals surface area (Å²) in [6.45, 7) is 1.29. The first-order valence-corrected chi connectivity index (χ1v) is 7.03. The summed E-state index contributed by atoms with van der Waals surface area (Å²) in [6.07, 6.45) is 8.70. The first-order valence-electron chi connectivity index (χ1n) is 7.03. The van der Waals surface area contributed by atoms with E-state index in [0.29, 0.717) is 12.1 Å². The van der Waals surface area contributed by atoms with E-state index in [1.807, 2.05) is 22.9 Å². The maximum Gasteiger partial charge on any atom is 0.253 e. The molecule has 0 saturated carbocycles. The van der Waals surface area contributed by atoms with Crippen molar-refractivity contribution in [2.45, 2.75) is 13.1 Å². The molecule has 1 N–H and O–H groups in total. The van der Waals surface area contributed by atoms with E-state index in [2.05, 4.69) is 27.4 Å². The minimum absolute atomic E-state index is 0.115. The molecular formula is C17H16N4O. The molecule has 22 heavy (non-hydrogen) atoms. The van der Waals surface area contributed by atoms with Gasteiger partial charge in [-0.2, -0.15) is 0 Å². The maximum absolute atomic E-state index is 11.9. The van der Waals surface area contributed by atoms with Gasteiger partial charge in [-0.25, -0.2) is 4.98 Å². The summed E-state index contributed by atoms with van der Waals surface area (Å²) in [4.78, 5) is 19.9. The fourth-order valence-electron chi connectivity index (χ4n) is 2.14. The fraction of sp³-hybridized carbons (Fsp3) is 0.118. The molecule has 5 heteroatoms. The van der Waals surface area contributed by atoms with Crippen molar-refractivity contribution in [2.24, 2.45) is 0 Å². The Morgan fingerprint density at radius 3 is 2.55 bits per heavy atom. The highest BCUT2D eigenvalue weighted by atomic mass is 16.1. The second-order valence-corrected chi connectivity index (χ2v) is 4.98. The molecular weight excluding hydrogens is 276 g/mol. The molecule has 0 radical (unpaired) electrons. The van der Waals surface area contributed by atoms with Gasteiger partial charge in [-0.3, -0.25) is 9.78 Å². The third kappa shape index (κ3) is 3.58. The second-order valence-electron chi connectivity index (χ2n) is 4.98. The van der Waals surface area contributed by atoms with Gasteiger partial charge >= 0.3 is 0 Å². The maximum atomic E-state index is 11.9. The van der Waals surface area contributed by atoms with E-state index < -0.39 is 0 Å². The minimum atomic E-state index is -0.115. The van der Waals surface area contributed by atoms with Crippen LogP contribution in [0.3, 0.4) is 0 Å². The van der Waals surface area contributed by atoms with Crippen LogP contribution < -0.4 is 5.32 Å². The van der Waals surface area contributed by atoms with Gasteiger partial charge in [0.15, 0.2) is 0 Å². The van der Waals surface area contributed by atoms with Crippen molar-refractivity contribution in [3.8, 4) is 0 Å². The molecule has 3 rings (SSSR count). The number of hydrogen-bond donors (Lipinski definition) is 1. The SMILES string of the molecule is O=C(NCc1ccc(Cn2ccnc2)cc1)c1cccnc1. The van der Waals surface area contributed by atoms with Crippen LogP contribution in [-0.2, 0) is 13.1 Å². The predicted octanol–water partition coefficient (Wildman–Crippen LogP) is 2.26. The van der Waals surface area contributed by atoms with Gasteiger partial charge in [-0.1, -0.05) is 24.3 Å². The zero-order valence-electron chi connectivity index (χ0n) is 12.0. The summed E-state index contributed by atoms with van der Waals surface area (Å²) < 4.78 is 2.01. The molecule has 1 aromatic carbocycles. The molecule has 5 nitrogen and oxygen atoms in total. The number of imidazole rings is 1. The number of carbonyl (C=O) groups is 1. The third-order valence-electron chi connectivity index (χ3n) is 3.32. The molecule has 0 saturated heterocycles. The molecule has 0 aliphatic carbocycles. The summed E-state index contributed by atoms with van der Waals surface area (Å²) in [5.41, 5.74) is 2.83. The van der Waals surface area contributed by atoms with Crippen molar-refractivity contribution in [2.75, 3.05) is 0 Å². The Bertz CT molecular complexity index is 721. The van der Waals surface area contributed by atoms with E-state index in [9.17, 15) is 4.79 Å². The van der Waals surface area contributed by atoms with Crippen LogP contribution in [0.1, 0.15) is 21.5 Å². The second kappa shape index (κ2) is 6.67. The third-order valence-corrected chi connectivity index (χ3v) is 3.32. The fourth-order valence-corrected chi connectivity index (χ4v) is 2.14. The Morgan fingerprint density at radius 1 is 1.05 bits per heavy atom. The van der Waals surface area contributed by atoms with E-state index in [1.165, 1.54) is 5.56 Å². The summed E-state index contributed by atoms with van der Waals surface area (Å²) in [5.74, 6) is -0.115. The van der Waals surface area contributed by atoms with Gasteiger partial charge in [0.25, 0.3) is 5.91 Å². The van der Waals surface area contributed by atoms with E-state index in [0.717, 1.165) is 12.1 Å². The first kappa shape index (κ1) is 14.0. The normalized spacial score (nSPS) is 10.4. The average molecular weight is 292 g/mol. The van der Waals surface area contributed by atoms with E-state index >= 15 is 0 Å². The molecule has 0 aliphatic heterocycles. The highest BCUT2D eigenvalue weighted by Gasteiger charge is 2.04. The van der Waals surface area contributed by atoms with E-state index in [4.69, 9.17) is 0 Å². The van der Waals surface area contributed by atoms with Crippen LogP contribution in [0.5, 0.6) is 0 Å². The zero-order valence-corrected chi connectivity index (χ0v) is 12.0. The van der Waals surface area contributed by atoms with Gasteiger partial charge in [0, 0.05) is 37.9 Å². The highest BCUT2D eigenvalue weighted by molar-refractivity contribution is 5.93. The van der Waals surface area contributed by atoms with Crippen LogP contribution in [0.2, 0.25) is 0 Å². The number of carbonyl (C=O) groups excluding carboxylic acids is 1. The molecule has 0 spiro atoms. The van der Waals surface area contributed by atoms with Crippen molar-refractivity contribution in [1.29, 1.82) is 0 Å². The van der Waals surface area contributed by atoms with Gasteiger partial charge in [-0.05, 0) is 23.3 Å². The van der Waals surface area contributed by atoms with Gasteiger partial charge < -0.3 is 9.88 Å². The van der Waals surface area contributed by atoms with Gasteiger partial charge in [0.1, 0.15) is 0 Å². The van der Waals surface area contributed by atoms with E-state index in [1.54, 1.807) is 37.1 Å². The number of pyridine rings is 1. The molecule has 3 aromatic rings. The Kier molecular flexibility index (Phi) is 4.25. The smallest absolute Gasteiger partial charge is 0.253 e. The molecule has 2 heterocycles. The van der Waals surface area contributed by atoms with Gasteiger partial charge in [0.05, 0.1) is 11.9 Å². The number of benzene rings is 1. The number of nitrogens with one attached hydrogen (secondary N) is 1. The molecule has 1 amide bonds. The summed E-state index contributed by atoms with van der Waals surface area (Å²) in [7, 11) is 0. The standard InChI is InChI=1S/C17H16N4O/c22-17(16-2-1-7-18-11-16)20-10-14-3-5-15(6-4-14)12-21-9-8-19-13-21/h1-9,11,13H,10,12H2,(H,20,22).